The third-order valence-corrected chi connectivity index (χ3v) is 4.45. The van der Waals surface area contributed by atoms with Crippen molar-refractivity contribution in [2.24, 2.45) is 0 Å². The minimum Gasteiger partial charge on any atom is -0.269 e. The van der Waals surface area contributed by atoms with E-state index in [1.165, 1.54) is 33.7 Å². The Hall–Kier alpha value is -2.68. The molecule has 0 spiro atoms. The first-order valence-electron chi connectivity index (χ1n) is 7.47. The Morgan fingerprint density at radius 1 is 0.864 bits per heavy atom. The standard InChI is InChI=1S/C19H15NO2/c21-18-10-11-19(22)20(18)17-9-7-15-12-14(6-8-16(15)17)13-4-2-1-3-5-13/h1-6,8,10-12,17H,7,9H2/t17-/m0/s1. The summed E-state index contributed by atoms with van der Waals surface area (Å²) in [6, 6.07) is 16.4. The van der Waals surface area contributed by atoms with Gasteiger partial charge in [0.05, 0.1) is 6.04 Å². The predicted molar refractivity (Wildman–Crippen MR) is 83.9 cm³/mol. The van der Waals surface area contributed by atoms with Gasteiger partial charge < -0.3 is 0 Å². The van der Waals surface area contributed by atoms with E-state index in [0.717, 1.165) is 18.4 Å². The molecule has 0 aromatic heterocycles. The van der Waals surface area contributed by atoms with Crippen molar-refractivity contribution in [2.45, 2.75) is 18.9 Å². The Morgan fingerprint density at radius 3 is 2.32 bits per heavy atom. The Labute approximate surface area is 128 Å². The molecule has 1 aliphatic heterocycles. The lowest BCUT2D eigenvalue weighted by molar-refractivity contribution is -0.139. The average molecular weight is 289 g/mol. The van der Waals surface area contributed by atoms with Crippen molar-refractivity contribution in [3.8, 4) is 11.1 Å². The highest BCUT2D eigenvalue weighted by atomic mass is 16.2. The summed E-state index contributed by atoms with van der Waals surface area (Å²) in [6.45, 7) is 0. The summed E-state index contributed by atoms with van der Waals surface area (Å²) in [5.74, 6) is -0.398. The fourth-order valence-electron chi connectivity index (χ4n) is 3.39. The van der Waals surface area contributed by atoms with E-state index >= 15 is 0 Å². The third-order valence-electron chi connectivity index (χ3n) is 4.45. The van der Waals surface area contributed by atoms with Gasteiger partial charge in [0, 0.05) is 12.2 Å². The second kappa shape index (κ2) is 4.95. The second-order valence-electron chi connectivity index (χ2n) is 5.71. The van der Waals surface area contributed by atoms with Crippen LogP contribution >= 0.6 is 0 Å². The van der Waals surface area contributed by atoms with E-state index in [2.05, 4.69) is 30.3 Å². The normalized spacial score (nSPS) is 19.8. The number of nitrogens with zero attached hydrogens (tertiary/aromatic N) is 1. The maximum absolute atomic E-state index is 11.9. The van der Waals surface area contributed by atoms with E-state index in [4.69, 9.17) is 0 Å². The van der Waals surface area contributed by atoms with Gasteiger partial charge in [0.1, 0.15) is 0 Å². The van der Waals surface area contributed by atoms with Crippen molar-refractivity contribution in [3.63, 3.8) is 0 Å². The summed E-state index contributed by atoms with van der Waals surface area (Å²) in [5, 5.41) is 0. The average Bonchev–Trinajstić information content (AvgIpc) is 3.11. The molecule has 0 fully saturated rings. The fraction of sp³-hybridized carbons (Fsp3) is 0.158. The molecule has 1 atom stereocenters. The van der Waals surface area contributed by atoms with Gasteiger partial charge in [0.25, 0.3) is 11.8 Å². The summed E-state index contributed by atoms with van der Waals surface area (Å²) < 4.78 is 0. The fourth-order valence-corrected chi connectivity index (χ4v) is 3.39. The number of amides is 2. The molecule has 2 amide bonds. The van der Waals surface area contributed by atoms with Gasteiger partial charge in [-0.1, -0.05) is 48.5 Å². The van der Waals surface area contributed by atoms with Gasteiger partial charge in [-0.25, -0.2) is 0 Å². The number of fused-ring (bicyclic) bond motifs is 1. The molecule has 2 aliphatic rings. The molecule has 0 N–H and O–H groups in total. The molecule has 108 valence electrons. The highest BCUT2D eigenvalue weighted by Gasteiger charge is 2.36. The quantitative estimate of drug-likeness (QED) is 0.796. The van der Waals surface area contributed by atoms with Gasteiger partial charge in [-0.05, 0) is 35.1 Å². The van der Waals surface area contributed by atoms with Crippen molar-refractivity contribution in [2.75, 3.05) is 0 Å². The first-order chi connectivity index (χ1) is 10.7. The van der Waals surface area contributed by atoms with Gasteiger partial charge in [-0.15, -0.1) is 0 Å². The molecule has 22 heavy (non-hydrogen) atoms. The SMILES string of the molecule is O=C1C=CC(=O)N1[C@H]1CCc2cc(-c3ccccc3)ccc21. The van der Waals surface area contributed by atoms with E-state index < -0.39 is 0 Å². The number of imide groups is 1. The van der Waals surface area contributed by atoms with Gasteiger partial charge in [0.2, 0.25) is 0 Å². The van der Waals surface area contributed by atoms with Gasteiger partial charge >= 0.3 is 0 Å². The monoisotopic (exact) mass is 289 g/mol. The first kappa shape index (κ1) is 13.0. The third kappa shape index (κ3) is 1.98. The Bertz CT molecular complexity index is 774. The molecule has 3 heteroatoms. The van der Waals surface area contributed by atoms with Crippen LogP contribution in [0.3, 0.4) is 0 Å². The smallest absolute Gasteiger partial charge is 0.254 e. The molecule has 2 aromatic rings. The van der Waals surface area contributed by atoms with Crippen LogP contribution in [0.4, 0.5) is 0 Å². The molecule has 3 nitrogen and oxygen atoms in total. The molecule has 1 heterocycles. The van der Waals surface area contributed by atoms with E-state index in [9.17, 15) is 9.59 Å². The van der Waals surface area contributed by atoms with Gasteiger partial charge in [-0.2, -0.15) is 0 Å². The Kier molecular flexibility index (Phi) is 2.93. The van der Waals surface area contributed by atoms with Crippen molar-refractivity contribution >= 4 is 11.8 Å². The predicted octanol–water partition coefficient (Wildman–Crippen LogP) is 3.27. The number of hydrogen-bond acceptors (Lipinski definition) is 2. The molecule has 0 saturated carbocycles. The molecule has 0 bridgehead atoms. The number of rotatable bonds is 2. The number of benzene rings is 2. The zero-order valence-corrected chi connectivity index (χ0v) is 12.0. The van der Waals surface area contributed by atoms with Crippen LogP contribution < -0.4 is 0 Å². The number of hydrogen-bond donors (Lipinski definition) is 0. The van der Waals surface area contributed by atoms with E-state index in [0.29, 0.717) is 0 Å². The van der Waals surface area contributed by atoms with E-state index in [1.54, 1.807) is 0 Å². The minimum atomic E-state index is -0.199. The first-order valence-corrected chi connectivity index (χ1v) is 7.47. The van der Waals surface area contributed by atoms with Crippen LogP contribution in [0.15, 0.2) is 60.7 Å². The molecule has 1 aliphatic carbocycles. The topological polar surface area (TPSA) is 37.4 Å². The Morgan fingerprint density at radius 2 is 1.59 bits per heavy atom. The summed E-state index contributed by atoms with van der Waals surface area (Å²) in [6.07, 6.45) is 4.43. The second-order valence-corrected chi connectivity index (χ2v) is 5.71. The van der Waals surface area contributed by atoms with E-state index in [1.807, 2.05) is 18.2 Å². The van der Waals surface area contributed by atoms with Gasteiger partial charge in [-0.3, -0.25) is 14.5 Å². The molecule has 4 rings (SSSR count). The zero-order valence-electron chi connectivity index (χ0n) is 12.0. The minimum absolute atomic E-state index is 0.116. The largest absolute Gasteiger partial charge is 0.269 e. The molecule has 0 radical (unpaired) electrons. The Balaban J connectivity index is 1.70. The summed E-state index contributed by atoms with van der Waals surface area (Å²) in [5.41, 5.74) is 4.70. The molecular formula is C19H15NO2. The van der Waals surface area contributed by atoms with Crippen LogP contribution in [0.25, 0.3) is 11.1 Å². The molecule has 0 saturated heterocycles. The highest BCUT2D eigenvalue weighted by Crippen LogP contribution is 2.39. The van der Waals surface area contributed by atoms with Gasteiger partial charge in [0.15, 0.2) is 0 Å². The van der Waals surface area contributed by atoms with Crippen LogP contribution in [0.2, 0.25) is 0 Å². The van der Waals surface area contributed by atoms with Crippen molar-refractivity contribution in [3.05, 3.63) is 71.8 Å². The van der Waals surface area contributed by atoms with Crippen LogP contribution in [0, 0.1) is 0 Å². The van der Waals surface area contributed by atoms with Crippen LogP contribution in [0.5, 0.6) is 0 Å². The zero-order chi connectivity index (χ0) is 15.1. The molecule has 0 unspecified atom stereocenters. The van der Waals surface area contributed by atoms with Crippen LogP contribution in [-0.4, -0.2) is 16.7 Å². The molecule has 2 aromatic carbocycles. The highest BCUT2D eigenvalue weighted by molar-refractivity contribution is 6.13. The lowest BCUT2D eigenvalue weighted by Gasteiger charge is -2.23. The summed E-state index contributed by atoms with van der Waals surface area (Å²) in [4.78, 5) is 25.2. The molecular weight excluding hydrogens is 274 g/mol. The lowest BCUT2D eigenvalue weighted by atomic mass is 9.99. The lowest BCUT2D eigenvalue weighted by Crippen LogP contribution is -2.33. The van der Waals surface area contributed by atoms with Crippen LogP contribution in [0.1, 0.15) is 23.6 Å². The maximum Gasteiger partial charge on any atom is 0.254 e. The van der Waals surface area contributed by atoms with Crippen LogP contribution in [-0.2, 0) is 16.0 Å². The summed E-state index contributed by atoms with van der Waals surface area (Å²) >= 11 is 0. The maximum atomic E-state index is 11.9. The van der Waals surface area contributed by atoms with Crippen molar-refractivity contribution in [1.29, 1.82) is 0 Å². The van der Waals surface area contributed by atoms with Crippen molar-refractivity contribution in [1.82, 2.24) is 4.90 Å². The number of aryl methyl sites for hydroxylation is 1. The number of carbonyl (C=O) groups excluding carboxylic acids is 2. The van der Waals surface area contributed by atoms with Crippen molar-refractivity contribution < 1.29 is 9.59 Å². The number of carbonyl (C=O) groups is 2. The summed E-state index contributed by atoms with van der Waals surface area (Å²) in [7, 11) is 0. The van der Waals surface area contributed by atoms with E-state index in [-0.39, 0.29) is 17.9 Å².